The maximum absolute atomic E-state index is 12.9. The Balaban J connectivity index is 1.65. The average Bonchev–Trinajstić information content (AvgIpc) is 3.00. The normalized spacial score (nSPS) is 17.3. The summed E-state index contributed by atoms with van der Waals surface area (Å²) in [5.74, 6) is -0.0907. The minimum absolute atomic E-state index is 0.0543. The van der Waals surface area contributed by atoms with Crippen LogP contribution in [-0.2, 0) is 16.1 Å². The number of amides is 2. The Morgan fingerprint density at radius 3 is 2.62 bits per heavy atom. The SMILES string of the molecule is CN(C)CCN1C[C@H](C(=O)N(C)Cc2cccc3ccccc23)CC1=O. The van der Waals surface area contributed by atoms with Crippen LogP contribution in [0.3, 0.4) is 0 Å². The number of nitrogens with zero attached hydrogens (tertiary/aromatic N) is 3. The van der Waals surface area contributed by atoms with Crippen LogP contribution in [0.1, 0.15) is 12.0 Å². The van der Waals surface area contributed by atoms with E-state index in [1.165, 1.54) is 10.8 Å². The van der Waals surface area contributed by atoms with E-state index in [2.05, 4.69) is 29.2 Å². The number of rotatable bonds is 6. The molecule has 1 aliphatic heterocycles. The van der Waals surface area contributed by atoms with E-state index >= 15 is 0 Å². The van der Waals surface area contributed by atoms with Crippen LogP contribution in [0.15, 0.2) is 42.5 Å². The van der Waals surface area contributed by atoms with Crippen LogP contribution in [0.4, 0.5) is 0 Å². The van der Waals surface area contributed by atoms with Gasteiger partial charge < -0.3 is 14.7 Å². The standard InChI is InChI=1S/C21H27N3O2/c1-22(2)11-12-24-15-18(13-20(24)25)21(26)23(3)14-17-9-6-8-16-7-4-5-10-19(16)17/h4-10,18H,11-15H2,1-3H3/t18-/m1/s1. The lowest BCUT2D eigenvalue weighted by Gasteiger charge is -2.23. The van der Waals surface area contributed by atoms with Gasteiger partial charge in [-0.05, 0) is 30.4 Å². The molecule has 0 aromatic heterocycles. The number of hydrogen-bond acceptors (Lipinski definition) is 3. The van der Waals surface area contributed by atoms with E-state index in [0.29, 0.717) is 26.1 Å². The molecule has 0 radical (unpaired) electrons. The summed E-state index contributed by atoms with van der Waals surface area (Å²) in [5, 5.41) is 2.35. The van der Waals surface area contributed by atoms with Gasteiger partial charge in [0.05, 0.1) is 5.92 Å². The van der Waals surface area contributed by atoms with E-state index < -0.39 is 0 Å². The Morgan fingerprint density at radius 2 is 1.85 bits per heavy atom. The zero-order valence-corrected chi connectivity index (χ0v) is 15.8. The van der Waals surface area contributed by atoms with E-state index in [4.69, 9.17) is 0 Å². The molecule has 0 aliphatic carbocycles. The third-order valence-electron chi connectivity index (χ3n) is 5.04. The second-order valence-electron chi connectivity index (χ2n) is 7.38. The number of likely N-dealkylation sites (N-methyl/N-ethyl adjacent to an activating group) is 1. The number of hydrogen-bond donors (Lipinski definition) is 0. The number of fused-ring (bicyclic) bond motifs is 1. The van der Waals surface area contributed by atoms with Crippen molar-refractivity contribution in [1.29, 1.82) is 0 Å². The van der Waals surface area contributed by atoms with Crippen molar-refractivity contribution in [2.75, 3.05) is 40.8 Å². The summed E-state index contributed by atoms with van der Waals surface area (Å²) in [6.07, 6.45) is 0.326. The van der Waals surface area contributed by atoms with Crippen molar-refractivity contribution >= 4 is 22.6 Å². The molecule has 0 saturated carbocycles. The maximum Gasteiger partial charge on any atom is 0.228 e. The first kappa shape index (κ1) is 18.4. The van der Waals surface area contributed by atoms with E-state index in [-0.39, 0.29) is 17.7 Å². The van der Waals surface area contributed by atoms with Gasteiger partial charge in [-0.2, -0.15) is 0 Å². The first-order chi connectivity index (χ1) is 12.5. The molecule has 1 saturated heterocycles. The summed E-state index contributed by atoms with van der Waals surface area (Å²) >= 11 is 0. The summed E-state index contributed by atoms with van der Waals surface area (Å²) in [6.45, 7) is 2.59. The molecular formula is C21H27N3O2. The third-order valence-corrected chi connectivity index (χ3v) is 5.04. The van der Waals surface area contributed by atoms with Gasteiger partial charge in [-0.3, -0.25) is 9.59 Å². The van der Waals surface area contributed by atoms with Crippen molar-refractivity contribution in [2.24, 2.45) is 5.92 Å². The molecule has 5 heteroatoms. The number of carbonyl (C=O) groups excluding carboxylic acids is 2. The summed E-state index contributed by atoms with van der Waals surface area (Å²) in [7, 11) is 5.80. The predicted octanol–water partition coefficient (Wildman–Crippen LogP) is 2.21. The van der Waals surface area contributed by atoms with Crippen molar-refractivity contribution in [3.05, 3.63) is 48.0 Å². The smallest absolute Gasteiger partial charge is 0.228 e. The molecule has 2 aromatic carbocycles. The summed E-state index contributed by atoms with van der Waals surface area (Å²) in [6, 6.07) is 14.4. The van der Waals surface area contributed by atoms with Crippen molar-refractivity contribution in [1.82, 2.24) is 14.7 Å². The van der Waals surface area contributed by atoms with Crippen molar-refractivity contribution in [3.8, 4) is 0 Å². The second kappa shape index (κ2) is 7.87. The molecule has 0 spiro atoms. The highest BCUT2D eigenvalue weighted by molar-refractivity contribution is 5.90. The Bertz CT molecular complexity index is 797. The van der Waals surface area contributed by atoms with Crippen LogP contribution in [0, 0.1) is 5.92 Å². The number of likely N-dealkylation sites (tertiary alicyclic amines) is 1. The molecule has 0 bridgehead atoms. The fraction of sp³-hybridized carbons (Fsp3) is 0.429. The molecule has 3 rings (SSSR count). The van der Waals surface area contributed by atoms with E-state index in [0.717, 1.165) is 12.1 Å². The second-order valence-corrected chi connectivity index (χ2v) is 7.38. The van der Waals surface area contributed by atoms with Crippen LogP contribution in [0.25, 0.3) is 10.8 Å². The Labute approximate surface area is 155 Å². The topological polar surface area (TPSA) is 43.9 Å². The zero-order valence-electron chi connectivity index (χ0n) is 15.8. The molecule has 138 valence electrons. The van der Waals surface area contributed by atoms with Crippen molar-refractivity contribution < 1.29 is 9.59 Å². The van der Waals surface area contributed by atoms with Gasteiger partial charge in [-0.15, -0.1) is 0 Å². The van der Waals surface area contributed by atoms with Crippen LogP contribution in [-0.4, -0.2) is 67.3 Å². The van der Waals surface area contributed by atoms with Gasteiger partial charge in [0.2, 0.25) is 11.8 Å². The molecule has 0 N–H and O–H groups in total. The summed E-state index contributed by atoms with van der Waals surface area (Å²) in [4.78, 5) is 30.7. The highest BCUT2D eigenvalue weighted by Gasteiger charge is 2.35. The quantitative estimate of drug-likeness (QED) is 0.800. The van der Waals surface area contributed by atoms with Crippen LogP contribution in [0.5, 0.6) is 0 Å². The first-order valence-electron chi connectivity index (χ1n) is 9.10. The fourth-order valence-corrected chi connectivity index (χ4v) is 3.55. The lowest BCUT2D eigenvalue weighted by molar-refractivity contribution is -0.135. The molecule has 5 nitrogen and oxygen atoms in total. The van der Waals surface area contributed by atoms with Gasteiger partial charge >= 0.3 is 0 Å². The van der Waals surface area contributed by atoms with Crippen LogP contribution < -0.4 is 0 Å². The van der Waals surface area contributed by atoms with Crippen molar-refractivity contribution in [3.63, 3.8) is 0 Å². The predicted molar refractivity (Wildman–Crippen MR) is 104 cm³/mol. The Hall–Kier alpha value is -2.40. The minimum atomic E-state index is -0.232. The number of carbonyl (C=O) groups is 2. The fourth-order valence-electron chi connectivity index (χ4n) is 3.55. The lowest BCUT2D eigenvalue weighted by Crippen LogP contribution is -2.36. The Morgan fingerprint density at radius 1 is 1.12 bits per heavy atom. The van der Waals surface area contributed by atoms with E-state index in [1.54, 1.807) is 4.90 Å². The van der Waals surface area contributed by atoms with Crippen LogP contribution >= 0.6 is 0 Å². The minimum Gasteiger partial charge on any atom is -0.341 e. The highest BCUT2D eigenvalue weighted by Crippen LogP contribution is 2.23. The molecule has 2 aromatic rings. The number of benzene rings is 2. The van der Waals surface area contributed by atoms with Crippen molar-refractivity contribution in [2.45, 2.75) is 13.0 Å². The average molecular weight is 353 g/mol. The van der Waals surface area contributed by atoms with Gasteiger partial charge in [0.1, 0.15) is 0 Å². The Kier molecular flexibility index (Phi) is 5.57. The summed E-state index contributed by atoms with van der Waals surface area (Å²) in [5.41, 5.74) is 1.13. The largest absolute Gasteiger partial charge is 0.341 e. The van der Waals surface area contributed by atoms with Gasteiger partial charge in [0, 0.05) is 39.6 Å². The van der Waals surface area contributed by atoms with Crippen LogP contribution in [0.2, 0.25) is 0 Å². The molecule has 1 aliphatic rings. The van der Waals surface area contributed by atoms with Gasteiger partial charge in [-0.1, -0.05) is 42.5 Å². The third kappa shape index (κ3) is 4.05. The highest BCUT2D eigenvalue weighted by atomic mass is 16.2. The van der Waals surface area contributed by atoms with E-state index in [9.17, 15) is 9.59 Å². The first-order valence-corrected chi connectivity index (χ1v) is 9.10. The van der Waals surface area contributed by atoms with Gasteiger partial charge in [-0.25, -0.2) is 0 Å². The van der Waals surface area contributed by atoms with E-state index in [1.807, 2.05) is 44.2 Å². The molecule has 1 fully saturated rings. The van der Waals surface area contributed by atoms with Gasteiger partial charge in [0.25, 0.3) is 0 Å². The zero-order chi connectivity index (χ0) is 18.7. The monoisotopic (exact) mass is 353 g/mol. The maximum atomic E-state index is 12.9. The summed E-state index contributed by atoms with van der Waals surface area (Å²) < 4.78 is 0. The molecule has 2 amide bonds. The van der Waals surface area contributed by atoms with Gasteiger partial charge in [0.15, 0.2) is 0 Å². The molecule has 0 unspecified atom stereocenters. The molecular weight excluding hydrogens is 326 g/mol. The molecule has 1 heterocycles. The molecule has 1 atom stereocenters. The lowest BCUT2D eigenvalue weighted by atomic mass is 10.0. The molecule has 26 heavy (non-hydrogen) atoms.